The van der Waals surface area contributed by atoms with Crippen molar-refractivity contribution >= 4 is 6.29 Å². The summed E-state index contributed by atoms with van der Waals surface area (Å²) in [6, 6.07) is 12.9. The van der Waals surface area contributed by atoms with Crippen LogP contribution in [0.25, 0.3) is 0 Å². The highest BCUT2D eigenvalue weighted by Crippen LogP contribution is 2.34. The van der Waals surface area contributed by atoms with Gasteiger partial charge in [-0.2, -0.15) is 0 Å². The Morgan fingerprint density at radius 1 is 1.13 bits per heavy atom. The molecule has 120 valence electrons. The van der Waals surface area contributed by atoms with E-state index in [-0.39, 0.29) is 0 Å². The van der Waals surface area contributed by atoms with Crippen LogP contribution in [-0.4, -0.2) is 26.6 Å². The predicted molar refractivity (Wildman–Crippen MR) is 83.8 cm³/mol. The van der Waals surface area contributed by atoms with Crippen molar-refractivity contribution in [2.75, 3.05) is 20.3 Å². The first-order valence-corrected chi connectivity index (χ1v) is 7.39. The Bertz CT molecular complexity index is 660. The fraction of sp³-hybridized carbons (Fsp3) is 0.278. The molecular weight excluding hydrogens is 296 g/mol. The molecule has 0 aliphatic carbocycles. The maximum atomic E-state index is 11.3. The van der Waals surface area contributed by atoms with Gasteiger partial charge in [0.15, 0.2) is 12.6 Å². The van der Waals surface area contributed by atoms with E-state index in [2.05, 4.69) is 0 Å². The van der Waals surface area contributed by atoms with Crippen molar-refractivity contribution in [1.29, 1.82) is 0 Å². The lowest BCUT2D eigenvalue weighted by Gasteiger charge is -2.17. The average Bonchev–Trinajstić information content (AvgIpc) is 3.14. The first kappa shape index (κ1) is 15.5. The highest BCUT2D eigenvalue weighted by Gasteiger charge is 2.23. The Labute approximate surface area is 134 Å². The molecule has 1 aliphatic heterocycles. The van der Waals surface area contributed by atoms with Crippen LogP contribution in [0.1, 0.15) is 27.8 Å². The molecule has 1 fully saturated rings. The number of aldehydes is 1. The standard InChI is InChI=1S/C18H18O5/c1-20-15-7-5-13(6-8-15)12-23-17-14(11-19)3-2-4-16(17)18-21-9-10-22-18/h2-8,11,18H,9-10,12H2,1H3. The Morgan fingerprint density at radius 3 is 2.52 bits per heavy atom. The molecule has 1 saturated heterocycles. The van der Waals surface area contributed by atoms with E-state index in [1.807, 2.05) is 30.3 Å². The molecule has 0 aromatic heterocycles. The van der Waals surface area contributed by atoms with Gasteiger partial charge in [0.1, 0.15) is 18.1 Å². The number of rotatable bonds is 6. The van der Waals surface area contributed by atoms with Crippen molar-refractivity contribution in [3.8, 4) is 11.5 Å². The van der Waals surface area contributed by atoms with Crippen molar-refractivity contribution in [3.05, 3.63) is 59.2 Å². The van der Waals surface area contributed by atoms with E-state index < -0.39 is 6.29 Å². The first-order chi connectivity index (χ1) is 11.3. The zero-order valence-corrected chi connectivity index (χ0v) is 12.9. The summed E-state index contributed by atoms with van der Waals surface area (Å²) in [7, 11) is 1.62. The molecule has 1 aliphatic rings. The van der Waals surface area contributed by atoms with Crippen LogP contribution in [0.15, 0.2) is 42.5 Å². The maximum absolute atomic E-state index is 11.3. The van der Waals surface area contributed by atoms with Gasteiger partial charge in [0.25, 0.3) is 0 Å². The first-order valence-electron chi connectivity index (χ1n) is 7.39. The van der Waals surface area contributed by atoms with Crippen LogP contribution in [0.3, 0.4) is 0 Å². The molecule has 0 bridgehead atoms. The summed E-state index contributed by atoms with van der Waals surface area (Å²) in [6.07, 6.45) is 0.294. The molecule has 2 aromatic carbocycles. The van der Waals surface area contributed by atoms with Crippen LogP contribution in [-0.2, 0) is 16.1 Å². The van der Waals surface area contributed by atoms with Gasteiger partial charge in [0.05, 0.1) is 31.5 Å². The third-order valence-corrected chi connectivity index (χ3v) is 3.62. The summed E-state index contributed by atoms with van der Waals surface area (Å²) in [4.78, 5) is 11.3. The van der Waals surface area contributed by atoms with Crippen molar-refractivity contribution in [2.24, 2.45) is 0 Å². The zero-order valence-electron chi connectivity index (χ0n) is 12.9. The van der Waals surface area contributed by atoms with E-state index in [4.69, 9.17) is 18.9 Å². The quantitative estimate of drug-likeness (QED) is 0.767. The summed E-state index contributed by atoms with van der Waals surface area (Å²) < 4.78 is 22.1. The molecule has 0 spiro atoms. The van der Waals surface area contributed by atoms with Crippen LogP contribution in [0, 0.1) is 0 Å². The van der Waals surface area contributed by atoms with Gasteiger partial charge in [-0.3, -0.25) is 4.79 Å². The number of ether oxygens (including phenoxy) is 4. The lowest BCUT2D eigenvalue weighted by atomic mass is 10.1. The Balaban J connectivity index is 1.81. The van der Waals surface area contributed by atoms with E-state index >= 15 is 0 Å². The van der Waals surface area contributed by atoms with Gasteiger partial charge in [-0.15, -0.1) is 0 Å². The molecule has 1 heterocycles. The van der Waals surface area contributed by atoms with Crippen molar-refractivity contribution in [3.63, 3.8) is 0 Å². The lowest BCUT2D eigenvalue weighted by molar-refractivity contribution is -0.0459. The number of carbonyl (C=O) groups is 1. The molecule has 0 N–H and O–H groups in total. The fourth-order valence-electron chi connectivity index (χ4n) is 2.43. The summed E-state index contributed by atoms with van der Waals surface area (Å²) in [5, 5.41) is 0. The van der Waals surface area contributed by atoms with Gasteiger partial charge in [0, 0.05) is 0 Å². The summed E-state index contributed by atoms with van der Waals surface area (Å²) in [5.41, 5.74) is 2.20. The van der Waals surface area contributed by atoms with Gasteiger partial charge in [-0.1, -0.05) is 24.3 Å². The van der Waals surface area contributed by atoms with Crippen molar-refractivity contribution in [2.45, 2.75) is 12.9 Å². The average molecular weight is 314 g/mol. The van der Waals surface area contributed by atoms with Gasteiger partial charge in [0.2, 0.25) is 0 Å². The van der Waals surface area contributed by atoms with E-state index in [9.17, 15) is 4.79 Å². The maximum Gasteiger partial charge on any atom is 0.187 e. The van der Waals surface area contributed by atoms with Crippen LogP contribution in [0.2, 0.25) is 0 Å². The minimum Gasteiger partial charge on any atom is -0.497 e. The molecule has 0 saturated carbocycles. The molecule has 5 heteroatoms. The highest BCUT2D eigenvalue weighted by molar-refractivity contribution is 5.80. The molecule has 0 amide bonds. The molecular formula is C18H18O5. The third-order valence-electron chi connectivity index (χ3n) is 3.62. The minimum atomic E-state index is -0.485. The number of para-hydroxylation sites is 1. The second-order valence-electron chi connectivity index (χ2n) is 5.09. The fourth-order valence-corrected chi connectivity index (χ4v) is 2.43. The molecule has 0 radical (unpaired) electrons. The summed E-state index contributed by atoms with van der Waals surface area (Å²) >= 11 is 0. The van der Waals surface area contributed by atoms with Crippen LogP contribution < -0.4 is 9.47 Å². The highest BCUT2D eigenvalue weighted by atomic mass is 16.7. The largest absolute Gasteiger partial charge is 0.497 e. The second kappa shape index (κ2) is 7.26. The van der Waals surface area contributed by atoms with E-state index in [1.165, 1.54) is 0 Å². The molecule has 5 nitrogen and oxygen atoms in total. The Kier molecular flexibility index (Phi) is 4.90. The van der Waals surface area contributed by atoms with E-state index in [1.54, 1.807) is 19.2 Å². The van der Waals surface area contributed by atoms with Gasteiger partial charge >= 0.3 is 0 Å². The SMILES string of the molecule is COc1ccc(COc2c(C=O)cccc2C2OCCO2)cc1. The summed E-state index contributed by atoms with van der Waals surface area (Å²) in [6.45, 7) is 1.41. The van der Waals surface area contributed by atoms with E-state index in [0.29, 0.717) is 31.1 Å². The van der Waals surface area contributed by atoms with Gasteiger partial charge < -0.3 is 18.9 Å². The molecule has 3 rings (SSSR count). The van der Waals surface area contributed by atoms with E-state index in [0.717, 1.165) is 23.2 Å². The molecule has 0 unspecified atom stereocenters. The predicted octanol–water partition coefficient (Wildman–Crippen LogP) is 3.13. The Morgan fingerprint density at radius 2 is 1.87 bits per heavy atom. The van der Waals surface area contributed by atoms with Crippen LogP contribution >= 0.6 is 0 Å². The second-order valence-corrected chi connectivity index (χ2v) is 5.09. The number of hydrogen-bond acceptors (Lipinski definition) is 5. The molecule has 23 heavy (non-hydrogen) atoms. The third kappa shape index (κ3) is 3.52. The lowest BCUT2D eigenvalue weighted by Crippen LogP contribution is -2.06. The normalized spacial score (nSPS) is 14.7. The zero-order chi connectivity index (χ0) is 16.1. The molecule has 0 atom stereocenters. The van der Waals surface area contributed by atoms with Gasteiger partial charge in [-0.05, 0) is 23.8 Å². The topological polar surface area (TPSA) is 54.0 Å². The smallest absolute Gasteiger partial charge is 0.187 e. The monoisotopic (exact) mass is 314 g/mol. The minimum absolute atomic E-state index is 0.342. The van der Waals surface area contributed by atoms with Crippen LogP contribution in [0.4, 0.5) is 0 Å². The van der Waals surface area contributed by atoms with Gasteiger partial charge in [-0.25, -0.2) is 0 Å². The number of methoxy groups -OCH3 is 1. The van der Waals surface area contributed by atoms with Crippen LogP contribution in [0.5, 0.6) is 11.5 Å². The number of carbonyl (C=O) groups excluding carboxylic acids is 1. The van der Waals surface area contributed by atoms with Crippen molar-refractivity contribution < 1.29 is 23.7 Å². The number of hydrogen-bond donors (Lipinski definition) is 0. The van der Waals surface area contributed by atoms with Crippen molar-refractivity contribution in [1.82, 2.24) is 0 Å². The Hall–Kier alpha value is -2.37. The molecule has 2 aromatic rings. The number of benzene rings is 2. The summed E-state index contributed by atoms with van der Waals surface area (Å²) in [5.74, 6) is 1.29.